The van der Waals surface area contributed by atoms with Gasteiger partial charge in [0.05, 0.1) is 24.5 Å². The normalized spacial score (nSPS) is 18.3. The van der Waals surface area contributed by atoms with Gasteiger partial charge in [0.15, 0.2) is 5.69 Å². The van der Waals surface area contributed by atoms with E-state index in [-0.39, 0.29) is 18.2 Å². The van der Waals surface area contributed by atoms with Crippen molar-refractivity contribution in [3.05, 3.63) is 95.8 Å². The maximum Gasteiger partial charge on any atom is 0.410 e. The zero-order valence-electron chi connectivity index (χ0n) is 28.3. The molecular formula is C37H44N6O5. The average molecular weight is 653 g/mol. The summed E-state index contributed by atoms with van der Waals surface area (Å²) in [5.74, 6) is 1.62. The number of fused-ring (bicyclic) bond motifs is 1. The summed E-state index contributed by atoms with van der Waals surface area (Å²) >= 11 is 0. The minimum atomic E-state index is -0.566. The highest BCUT2D eigenvalue weighted by Gasteiger charge is 2.40. The van der Waals surface area contributed by atoms with E-state index in [1.165, 1.54) is 0 Å². The van der Waals surface area contributed by atoms with Gasteiger partial charge in [0.25, 0.3) is 5.91 Å². The Hall–Kier alpha value is -5.03. The third-order valence-electron chi connectivity index (χ3n) is 8.74. The molecule has 2 N–H and O–H groups in total. The van der Waals surface area contributed by atoms with Gasteiger partial charge in [0, 0.05) is 38.8 Å². The van der Waals surface area contributed by atoms with Crippen LogP contribution < -0.4 is 20.1 Å². The minimum Gasteiger partial charge on any atom is -0.497 e. The van der Waals surface area contributed by atoms with Crippen LogP contribution in [0.5, 0.6) is 17.2 Å². The van der Waals surface area contributed by atoms with Crippen molar-refractivity contribution in [1.82, 2.24) is 19.6 Å². The molecule has 11 nitrogen and oxygen atoms in total. The number of para-hydroxylation sites is 1. The third kappa shape index (κ3) is 7.11. The van der Waals surface area contributed by atoms with E-state index >= 15 is 0 Å². The van der Waals surface area contributed by atoms with Gasteiger partial charge in [-0.2, -0.15) is 5.10 Å². The number of ether oxygens (including phenoxy) is 3. The van der Waals surface area contributed by atoms with E-state index in [1.807, 2.05) is 107 Å². The van der Waals surface area contributed by atoms with E-state index in [4.69, 9.17) is 25.0 Å². The molecule has 2 atom stereocenters. The number of amides is 2. The molecule has 2 aliphatic heterocycles. The monoisotopic (exact) mass is 652 g/mol. The van der Waals surface area contributed by atoms with Crippen LogP contribution in [0.3, 0.4) is 0 Å². The second kappa shape index (κ2) is 13.6. The molecule has 0 saturated carbocycles. The molecule has 1 fully saturated rings. The van der Waals surface area contributed by atoms with E-state index in [0.29, 0.717) is 49.9 Å². The van der Waals surface area contributed by atoms with Crippen LogP contribution in [-0.4, -0.2) is 76.5 Å². The second-order valence-corrected chi connectivity index (χ2v) is 13.4. The molecule has 6 rings (SSSR count). The first-order valence-electron chi connectivity index (χ1n) is 16.4. The number of nitrogens with zero attached hydrogens (tertiary/aromatic N) is 5. The SMILES string of the molecule is COc1ccc(CN2CCC(N3CCN(C(=O)OC(C)(C)C)[C@@H](C)C3)c3nn(-c4ccc(Oc5ccccc5)cc4)c(C(N)=O)c32)cc1. The molecular weight excluding hydrogens is 608 g/mol. The summed E-state index contributed by atoms with van der Waals surface area (Å²) in [6, 6.07) is 24.8. The van der Waals surface area contributed by atoms with Gasteiger partial charge in [-0.1, -0.05) is 30.3 Å². The van der Waals surface area contributed by atoms with Crippen LogP contribution in [0.25, 0.3) is 5.69 Å². The van der Waals surface area contributed by atoms with Gasteiger partial charge in [0.1, 0.15) is 28.5 Å². The standard InChI is InChI=1S/C37H44N6O5/c1-25-23-40(21-22-42(25)36(45)48-37(2,3)4)31-19-20-41(24-26-11-15-28(46-5)16-12-26)33-32(31)39-43(34(33)35(38)44)27-13-17-30(18-14-27)47-29-9-7-6-8-10-29/h6-18,25,31H,19-24H2,1-5H3,(H2,38,44)/t25-,31?/m0/s1. The maximum atomic E-state index is 13.3. The quantitative estimate of drug-likeness (QED) is 0.241. The fraction of sp³-hybridized carbons (Fsp3) is 0.378. The number of carbonyl (C=O) groups excluding carboxylic acids is 2. The molecule has 0 aliphatic carbocycles. The molecule has 252 valence electrons. The molecule has 1 unspecified atom stereocenters. The fourth-order valence-electron chi connectivity index (χ4n) is 6.50. The molecule has 3 aromatic carbocycles. The predicted molar refractivity (Wildman–Crippen MR) is 184 cm³/mol. The number of methoxy groups -OCH3 is 1. The van der Waals surface area contributed by atoms with E-state index in [0.717, 1.165) is 34.9 Å². The minimum absolute atomic E-state index is 0.0655. The fourth-order valence-corrected chi connectivity index (χ4v) is 6.50. The topological polar surface area (TPSA) is 115 Å². The van der Waals surface area contributed by atoms with Crippen molar-refractivity contribution in [3.63, 3.8) is 0 Å². The van der Waals surface area contributed by atoms with E-state index in [1.54, 1.807) is 16.7 Å². The molecule has 2 amide bonds. The second-order valence-electron chi connectivity index (χ2n) is 13.4. The van der Waals surface area contributed by atoms with Crippen LogP contribution in [0.4, 0.5) is 10.5 Å². The van der Waals surface area contributed by atoms with Crippen molar-refractivity contribution in [2.75, 3.05) is 38.2 Å². The highest BCUT2D eigenvalue weighted by atomic mass is 16.6. The molecule has 0 spiro atoms. The number of rotatable bonds is 8. The van der Waals surface area contributed by atoms with E-state index < -0.39 is 11.5 Å². The Balaban J connectivity index is 1.34. The Morgan fingerprint density at radius 2 is 1.56 bits per heavy atom. The lowest BCUT2D eigenvalue weighted by atomic mass is 9.97. The van der Waals surface area contributed by atoms with Gasteiger partial charge >= 0.3 is 6.09 Å². The highest BCUT2D eigenvalue weighted by Crippen LogP contribution is 2.42. The molecule has 0 radical (unpaired) electrons. The molecule has 3 heterocycles. The largest absolute Gasteiger partial charge is 0.497 e. The number of nitrogens with two attached hydrogens (primary N) is 1. The van der Waals surface area contributed by atoms with Gasteiger partial charge in [-0.3, -0.25) is 9.69 Å². The lowest BCUT2D eigenvalue weighted by Crippen LogP contribution is -2.56. The number of primary amides is 1. The van der Waals surface area contributed by atoms with Crippen LogP contribution in [0.2, 0.25) is 0 Å². The van der Waals surface area contributed by atoms with Crippen LogP contribution in [-0.2, 0) is 11.3 Å². The maximum absolute atomic E-state index is 13.3. The predicted octanol–water partition coefficient (Wildman–Crippen LogP) is 6.16. The summed E-state index contributed by atoms with van der Waals surface area (Å²) in [6.07, 6.45) is 0.492. The van der Waals surface area contributed by atoms with Gasteiger partial charge in [0.2, 0.25) is 0 Å². The lowest BCUT2D eigenvalue weighted by Gasteiger charge is -2.45. The molecule has 2 aliphatic rings. The Bertz CT molecular complexity index is 1730. The molecule has 4 aromatic rings. The highest BCUT2D eigenvalue weighted by molar-refractivity contribution is 5.98. The summed E-state index contributed by atoms with van der Waals surface area (Å²) < 4.78 is 18.7. The number of anilines is 1. The zero-order chi connectivity index (χ0) is 34.0. The summed E-state index contributed by atoms with van der Waals surface area (Å²) in [6.45, 7) is 10.8. The number of aromatic nitrogens is 2. The van der Waals surface area contributed by atoms with Crippen molar-refractivity contribution >= 4 is 17.7 Å². The zero-order valence-corrected chi connectivity index (χ0v) is 28.3. The van der Waals surface area contributed by atoms with Crippen molar-refractivity contribution in [3.8, 4) is 22.9 Å². The number of carbonyl (C=O) groups is 2. The van der Waals surface area contributed by atoms with Gasteiger partial charge in [-0.05, 0) is 88.2 Å². The number of hydrogen-bond acceptors (Lipinski definition) is 8. The molecule has 0 bridgehead atoms. The molecule has 1 saturated heterocycles. The van der Waals surface area contributed by atoms with Gasteiger partial charge in [-0.25, -0.2) is 9.48 Å². The van der Waals surface area contributed by atoms with Crippen molar-refractivity contribution < 1.29 is 23.8 Å². The van der Waals surface area contributed by atoms with Crippen molar-refractivity contribution in [2.24, 2.45) is 5.73 Å². The molecule has 48 heavy (non-hydrogen) atoms. The van der Waals surface area contributed by atoms with Crippen LogP contribution in [0.1, 0.15) is 61.9 Å². The number of hydrogen-bond donors (Lipinski definition) is 1. The Morgan fingerprint density at radius 3 is 2.19 bits per heavy atom. The first-order chi connectivity index (χ1) is 23.0. The average Bonchev–Trinajstić information content (AvgIpc) is 3.47. The Morgan fingerprint density at radius 1 is 0.896 bits per heavy atom. The Kier molecular flexibility index (Phi) is 9.32. The molecule has 11 heteroatoms. The van der Waals surface area contributed by atoms with Crippen molar-refractivity contribution in [2.45, 2.75) is 58.3 Å². The Labute approximate surface area is 281 Å². The first kappa shape index (κ1) is 32.9. The van der Waals surface area contributed by atoms with Crippen LogP contribution in [0.15, 0.2) is 78.9 Å². The number of piperazine rings is 1. The molecule has 1 aromatic heterocycles. The summed E-state index contributed by atoms with van der Waals surface area (Å²) in [7, 11) is 1.65. The van der Waals surface area contributed by atoms with E-state index in [2.05, 4.69) is 9.80 Å². The summed E-state index contributed by atoms with van der Waals surface area (Å²) in [5, 5.41) is 5.13. The van der Waals surface area contributed by atoms with Crippen molar-refractivity contribution in [1.29, 1.82) is 0 Å². The smallest absolute Gasteiger partial charge is 0.410 e. The van der Waals surface area contributed by atoms with Gasteiger partial charge in [-0.15, -0.1) is 0 Å². The van der Waals surface area contributed by atoms with Crippen LogP contribution >= 0.6 is 0 Å². The number of benzene rings is 3. The van der Waals surface area contributed by atoms with Crippen LogP contribution in [0, 0.1) is 0 Å². The van der Waals surface area contributed by atoms with E-state index in [9.17, 15) is 9.59 Å². The third-order valence-corrected chi connectivity index (χ3v) is 8.74. The summed E-state index contributed by atoms with van der Waals surface area (Å²) in [5.41, 5.74) is 9.23. The first-order valence-corrected chi connectivity index (χ1v) is 16.4. The lowest BCUT2D eigenvalue weighted by molar-refractivity contribution is -0.00568. The van der Waals surface area contributed by atoms with Gasteiger partial charge < -0.3 is 29.7 Å². The summed E-state index contributed by atoms with van der Waals surface area (Å²) in [4.78, 5) is 32.6.